The minimum atomic E-state index is -3.18. The van der Waals surface area contributed by atoms with E-state index < -0.39 is 36.1 Å². The summed E-state index contributed by atoms with van der Waals surface area (Å²) in [5.74, 6) is -5.90. The highest BCUT2D eigenvalue weighted by atomic mass is 19.3. The number of aliphatic hydroxyl groups is 2. The molecule has 0 aromatic carbocycles. The van der Waals surface area contributed by atoms with E-state index in [1.807, 2.05) is 6.92 Å². The lowest BCUT2D eigenvalue weighted by Crippen LogP contribution is -2.39. The molecule has 0 radical (unpaired) electrons. The standard InChI is InChI=1S/C21H32F2O5/c1-4-8-13(11-14(24)5-2)19-15(25)12-16-20(19)21(22,23)17(28-16)9-6-7-10-18(26)27-3/h5,9,13-16,19-20,24-25H,2,4,6-8,10-12H2,1,3H3/t13?,14-,15-,16+,19+,20+/m1/s1. The summed E-state index contributed by atoms with van der Waals surface area (Å²) in [6, 6.07) is 0. The van der Waals surface area contributed by atoms with Gasteiger partial charge in [-0.1, -0.05) is 25.8 Å². The molecule has 1 unspecified atom stereocenters. The number of allylic oxidation sites excluding steroid dienone is 2. The van der Waals surface area contributed by atoms with Crippen LogP contribution in [0.5, 0.6) is 0 Å². The second-order valence-corrected chi connectivity index (χ2v) is 7.81. The number of hydrogen-bond donors (Lipinski definition) is 2. The number of esters is 1. The number of fused-ring (bicyclic) bond motifs is 1. The molecule has 2 rings (SSSR count). The van der Waals surface area contributed by atoms with Gasteiger partial charge in [-0.15, -0.1) is 6.58 Å². The highest BCUT2D eigenvalue weighted by Crippen LogP contribution is 2.56. The Balaban J connectivity index is 2.14. The number of ether oxygens (including phenoxy) is 2. The van der Waals surface area contributed by atoms with E-state index in [2.05, 4.69) is 11.3 Å². The van der Waals surface area contributed by atoms with Crippen molar-refractivity contribution >= 4 is 5.97 Å². The molecule has 0 bridgehead atoms. The summed E-state index contributed by atoms with van der Waals surface area (Å²) in [4.78, 5) is 11.1. The van der Waals surface area contributed by atoms with Gasteiger partial charge in [0, 0.05) is 18.8 Å². The molecule has 2 fully saturated rings. The van der Waals surface area contributed by atoms with E-state index in [0.29, 0.717) is 25.7 Å². The van der Waals surface area contributed by atoms with Crippen molar-refractivity contribution in [2.45, 2.75) is 76.1 Å². The summed E-state index contributed by atoms with van der Waals surface area (Å²) in [5, 5.41) is 20.5. The first kappa shape index (κ1) is 22.8. The Hall–Kier alpha value is -1.47. The molecule has 1 aliphatic heterocycles. The van der Waals surface area contributed by atoms with E-state index in [-0.39, 0.29) is 30.5 Å². The molecule has 1 saturated heterocycles. The molecular formula is C21H32F2O5. The summed E-state index contributed by atoms with van der Waals surface area (Å²) in [6.07, 6.45) is 3.10. The molecule has 1 heterocycles. The third-order valence-corrected chi connectivity index (χ3v) is 5.92. The van der Waals surface area contributed by atoms with Crippen LogP contribution in [0.15, 0.2) is 24.5 Å². The van der Waals surface area contributed by atoms with Crippen molar-refractivity contribution < 1.29 is 33.3 Å². The van der Waals surface area contributed by atoms with Gasteiger partial charge >= 0.3 is 11.9 Å². The topological polar surface area (TPSA) is 76.0 Å². The van der Waals surface area contributed by atoms with Gasteiger partial charge in [0.1, 0.15) is 6.10 Å². The zero-order chi connectivity index (χ0) is 20.9. The van der Waals surface area contributed by atoms with E-state index in [0.717, 1.165) is 6.42 Å². The van der Waals surface area contributed by atoms with E-state index in [9.17, 15) is 15.0 Å². The maximum absolute atomic E-state index is 15.2. The fourth-order valence-electron chi connectivity index (χ4n) is 4.65. The van der Waals surface area contributed by atoms with Crippen LogP contribution in [-0.4, -0.2) is 47.5 Å². The van der Waals surface area contributed by atoms with E-state index in [4.69, 9.17) is 4.74 Å². The number of alkyl halides is 2. The van der Waals surface area contributed by atoms with Gasteiger partial charge in [-0.2, -0.15) is 8.78 Å². The molecule has 5 nitrogen and oxygen atoms in total. The predicted molar refractivity (Wildman–Crippen MR) is 101 cm³/mol. The van der Waals surface area contributed by atoms with E-state index in [1.54, 1.807) is 0 Å². The number of methoxy groups -OCH3 is 1. The van der Waals surface area contributed by atoms with Crippen LogP contribution in [0.25, 0.3) is 0 Å². The Morgan fingerprint density at radius 1 is 1.50 bits per heavy atom. The van der Waals surface area contributed by atoms with Gasteiger partial charge < -0.3 is 19.7 Å². The number of aliphatic hydroxyl groups excluding tert-OH is 2. The molecule has 0 aromatic heterocycles. The molecular weight excluding hydrogens is 370 g/mol. The van der Waals surface area contributed by atoms with Crippen LogP contribution >= 0.6 is 0 Å². The monoisotopic (exact) mass is 402 g/mol. The van der Waals surface area contributed by atoms with Crippen LogP contribution < -0.4 is 0 Å². The molecule has 0 spiro atoms. The molecule has 0 aromatic rings. The maximum Gasteiger partial charge on any atom is 0.310 e. The van der Waals surface area contributed by atoms with Crippen molar-refractivity contribution in [2.75, 3.05) is 7.11 Å². The highest BCUT2D eigenvalue weighted by molar-refractivity contribution is 5.69. The minimum absolute atomic E-state index is 0.162. The summed E-state index contributed by atoms with van der Waals surface area (Å²) < 4.78 is 40.5. The van der Waals surface area contributed by atoms with Crippen LogP contribution in [0, 0.1) is 17.8 Å². The Morgan fingerprint density at radius 3 is 2.82 bits per heavy atom. The van der Waals surface area contributed by atoms with Crippen LogP contribution in [0.3, 0.4) is 0 Å². The number of unbranched alkanes of at least 4 members (excludes halogenated alkanes) is 1. The average Bonchev–Trinajstić information content (AvgIpc) is 3.10. The van der Waals surface area contributed by atoms with Crippen LogP contribution in [-0.2, 0) is 14.3 Å². The zero-order valence-corrected chi connectivity index (χ0v) is 16.7. The normalized spacial score (nSPS) is 31.9. The molecule has 7 heteroatoms. The van der Waals surface area contributed by atoms with Gasteiger partial charge in [0.2, 0.25) is 0 Å². The molecule has 2 aliphatic rings. The van der Waals surface area contributed by atoms with E-state index >= 15 is 8.78 Å². The third kappa shape index (κ3) is 4.92. The lowest BCUT2D eigenvalue weighted by Gasteiger charge is -2.33. The summed E-state index contributed by atoms with van der Waals surface area (Å²) >= 11 is 0. The number of carbonyl (C=O) groups is 1. The van der Waals surface area contributed by atoms with Gasteiger partial charge in [0.05, 0.1) is 25.2 Å². The van der Waals surface area contributed by atoms with Gasteiger partial charge in [-0.25, -0.2) is 0 Å². The molecule has 0 amide bonds. The molecule has 28 heavy (non-hydrogen) atoms. The highest BCUT2D eigenvalue weighted by Gasteiger charge is 2.65. The average molecular weight is 402 g/mol. The van der Waals surface area contributed by atoms with Crippen LogP contribution in [0.4, 0.5) is 8.78 Å². The third-order valence-electron chi connectivity index (χ3n) is 5.92. The van der Waals surface area contributed by atoms with Crippen molar-refractivity contribution in [1.82, 2.24) is 0 Å². The summed E-state index contributed by atoms with van der Waals surface area (Å²) in [5.41, 5.74) is 0. The smallest absolute Gasteiger partial charge is 0.310 e. The summed E-state index contributed by atoms with van der Waals surface area (Å²) in [7, 11) is 1.29. The number of halogens is 2. The van der Waals surface area contributed by atoms with Gasteiger partial charge in [0.15, 0.2) is 5.76 Å². The van der Waals surface area contributed by atoms with Crippen molar-refractivity contribution in [1.29, 1.82) is 0 Å². The lowest BCUT2D eigenvalue weighted by atomic mass is 9.75. The number of hydrogen-bond acceptors (Lipinski definition) is 5. The summed E-state index contributed by atoms with van der Waals surface area (Å²) in [6.45, 7) is 5.52. The van der Waals surface area contributed by atoms with Crippen molar-refractivity contribution in [3.63, 3.8) is 0 Å². The van der Waals surface area contributed by atoms with Crippen molar-refractivity contribution in [3.8, 4) is 0 Å². The van der Waals surface area contributed by atoms with Crippen LogP contribution in [0.1, 0.15) is 51.9 Å². The first-order valence-electron chi connectivity index (χ1n) is 10.1. The second kappa shape index (κ2) is 9.83. The molecule has 160 valence electrons. The van der Waals surface area contributed by atoms with Crippen molar-refractivity contribution in [3.05, 3.63) is 24.5 Å². The number of rotatable bonds is 10. The first-order valence-corrected chi connectivity index (χ1v) is 10.1. The van der Waals surface area contributed by atoms with Crippen molar-refractivity contribution in [2.24, 2.45) is 17.8 Å². The fraction of sp³-hybridized carbons (Fsp3) is 0.762. The largest absolute Gasteiger partial charge is 0.488 e. The Morgan fingerprint density at radius 2 is 2.21 bits per heavy atom. The molecule has 1 aliphatic carbocycles. The van der Waals surface area contributed by atoms with E-state index in [1.165, 1.54) is 19.3 Å². The fourth-order valence-corrected chi connectivity index (χ4v) is 4.65. The quantitative estimate of drug-likeness (QED) is 0.332. The van der Waals surface area contributed by atoms with Crippen LogP contribution in [0.2, 0.25) is 0 Å². The SMILES string of the molecule is C=C[C@@H](O)CC(CCC)[C@@H]1[C@@H]2[C@H](C[C@H]1O)OC(=CCCCC(=O)OC)C2(F)F. The van der Waals surface area contributed by atoms with Gasteiger partial charge in [0.25, 0.3) is 0 Å². The Kier molecular flexibility index (Phi) is 8.01. The lowest BCUT2D eigenvalue weighted by molar-refractivity contribution is -0.140. The zero-order valence-electron chi connectivity index (χ0n) is 16.7. The molecule has 1 saturated carbocycles. The predicted octanol–water partition coefficient (Wildman–Crippen LogP) is 3.60. The molecule has 6 atom stereocenters. The van der Waals surface area contributed by atoms with Gasteiger partial charge in [-0.05, 0) is 31.3 Å². The Labute approximate surface area is 165 Å². The molecule has 2 N–H and O–H groups in total. The first-order chi connectivity index (χ1) is 13.3. The second-order valence-electron chi connectivity index (χ2n) is 7.81. The Bertz CT molecular complexity index is 577. The number of carbonyl (C=O) groups excluding carboxylic acids is 1. The van der Waals surface area contributed by atoms with Gasteiger partial charge in [-0.3, -0.25) is 4.79 Å². The maximum atomic E-state index is 15.2. The minimum Gasteiger partial charge on any atom is -0.488 e.